The van der Waals surface area contributed by atoms with Gasteiger partial charge in [0.2, 0.25) is 0 Å². The molecule has 194 valence electrons. The van der Waals surface area contributed by atoms with Gasteiger partial charge in [-0.15, -0.1) is 0 Å². The van der Waals surface area contributed by atoms with Gasteiger partial charge in [0.1, 0.15) is 19.1 Å². The molecule has 1 unspecified atom stereocenters. The van der Waals surface area contributed by atoms with Crippen molar-refractivity contribution in [3.8, 4) is 11.5 Å². The van der Waals surface area contributed by atoms with Crippen LogP contribution >= 0.6 is 0 Å². The molecule has 1 saturated heterocycles. The summed E-state index contributed by atoms with van der Waals surface area (Å²) >= 11 is 0. The van der Waals surface area contributed by atoms with E-state index in [0.29, 0.717) is 42.4 Å². The fraction of sp³-hybridized carbons (Fsp3) is 0.433. The fourth-order valence-electron chi connectivity index (χ4n) is 5.44. The maximum absolute atomic E-state index is 13.5. The number of ketones is 1. The molecule has 0 spiro atoms. The molecule has 0 N–H and O–H groups in total. The predicted octanol–water partition coefficient (Wildman–Crippen LogP) is 5.18. The van der Waals surface area contributed by atoms with Crippen molar-refractivity contribution >= 4 is 17.5 Å². The van der Waals surface area contributed by atoms with Crippen LogP contribution in [0.3, 0.4) is 0 Å². The number of hydrogen-bond acceptors (Lipinski definition) is 7. The summed E-state index contributed by atoms with van der Waals surface area (Å²) in [6, 6.07) is 15.5. The molecule has 0 radical (unpaired) electrons. The number of carbonyl (C=O) groups is 2. The summed E-state index contributed by atoms with van der Waals surface area (Å²) in [6.07, 6.45) is 3.72. The van der Waals surface area contributed by atoms with E-state index >= 15 is 0 Å². The normalized spacial score (nSPS) is 23.4. The van der Waals surface area contributed by atoms with Gasteiger partial charge in [0.15, 0.2) is 17.3 Å². The Morgan fingerprint density at radius 1 is 1.08 bits per heavy atom. The van der Waals surface area contributed by atoms with Gasteiger partial charge in [0, 0.05) is 35.9 Å². The number of esters is 1. The maximum Gasteiger partial charge on any atom is 0.315 e. The molecular weight excluding hydrogens is 470 g/mol. The highest BCUT2D eigenvalue weighted by Crippen LogP contribution is 2.45. The van der Waals surface area contributed by atoms with Crippen LogP contribution in [0.5, 0.6) is 11.5 Å². The van der Waals surface area contributed by atoms with Crippen molar-refractivity contribution in [2.45, 2.75) is 57.7 Å². The molecule has 5 rings (SSSR count). The Bertz CT molecular complexity index is 1210. The zero-order valence-corrected chi connectivity index (χ0v) is 21.4. The summed E-state index contributed by atoms with van der Waals surface area (Å²) in [5.41, 5.74) is 3.92. The average Bonchev–Trinajstić information content (AvgIpc) is 3.44. The lowest BCUT2D eigenvalue weighted by atomic mass is 9.71. The number of aliphatic imine (C=N–C) groups is 1. The highest BCUT2D eigenvalue weighted by Gasteiger charge is 2.43. The second-order valence-corrected chi connectivity index (χ2v) is 9.80. The standard InChI is InChI=1S/C30H33NO6/c1-19-27(30(33)37-18-22-10-7-15-35-22)28(29-23(31-19)11-6-12-24(29)32)21-13-14-25(26(16-21)34-2)36-17-20-8-4-3-5-9-20/h3-5,8-9,13-14,16,22,27-28H,6-7,10-12,15,17-18H2,1-2H3/t22-,27?,28+/m0/s1. The Hall–Kier alpha value is -3.45. The van der Waals surface area contributed by atoms with Crippen LogP contribution in [0.15, 0.2) is 64.8 Å². The number of Topliss-reactive ketones (excluding diaryl/α,β-unsaturated/α-hetero) is 1. The van der Waals surface area contributed by atoms with Crippen molar-refractivity contribution in [1.29, 1.82) is 0 Å². The van der Waals surface area contributed by atoms with Gasteiger partial charge in [-0.05, 0) is 55.9 Å². The number of benzene rings is 2. The molecule has 2 aliphatic heterocycles. The van der Waals surface area contributed by atoms with Gasteiger partial charge in [0.05, 0.1) is 13.2 Å². The van der Waals surface area contributed by atoms with E-state index in [0.717, 1.165) is 42.5 Å². The molecule has 3 aliphatic rings. The lowest BCUT2D eigenvalue weighted by Gasteiger charge is -2.34. The smallest absolute Gasteiger partial charge is 0.315 e. The van der Waals surface area contributed by atoms with E-state index in [1.807, 2.05) is 55.5 Å². The van der Waals surface area contributed by atoms with Crippen molar-refractivity contribution in [3.63, 3.8) is 0 Å². The molecule has 2 heterocycles. The lowest BCUT2D eigenvalue weighted by molar-refractivity contribution is -0.149. The van der Waals surface area contributed by atoms with Crippen LogP contribution in [0.2, 0.25) is 0 Å². The monoisotopic (exact) mass is 503 g/mol. The summed E-state index contributed by atoms with van der Waals surface area (Å²) in [5.74, 6) is -0.376. The molecule has 1 aliphatic carbocycles. The van der Waals surface area contributed by atoms with Crippen LogP contribution < -0.4 is 9.47 Å². The average molecular weight is 504 g/mol. The Labute approximate surface area is 217 Å². The highest BCUT2D eigenvalue weighted by molar-refractivity contribution is 6.08. The van der Waals surface area contributed by atoms with Gasteiger partial charge in [-0.3, -0.25) is 14.6 Å². The van der Waals surface area contributed by atoms with Crippen molar-refractivity contribution in [2.75, 3.05) is 20.3 Å². The SMILES string of the molecule is COc1cc([C@H]2C3=C(CCCC3=O)N=C(C)C2C(=O)OC[C@@H]2CCCO2)ccc1OCc1ccccc1. The van der Waals surface area contributed by atoms with E-state index < -0.39 is 11.8 Å². The lowest BCUT2D eigenvalue weighted by Crippen LogP contribution is -2.38. The van der Waals surface area contributed by atoms with E-state index in [2.05, 4.69) is 0 Å². The molecule has 1 fully saturated rings. The van der Waals surface area contributed by atoms with Crippen molar-refractivity contribution in [2.24, 2.45) is 10.9 Å². The van der Waals surface area contributed by atoms with Crippen LogP contribution in [-0.2, 0) is 25.7 Å². The van der Waals surface area contributed by atoms with Gasteiger partial charge in [-0.2, -0.15) is 0 Å². The maximum atomic E-state index is 13.5. The van der Waals surface area contributed by atoms with E-state index in [4.69, 9.17) is 23.9 Å². The molecule has 7 nitrogen and oxygen atoms in total. The van der Waals surface area contributed by atoms with Crippen LogP contribution in [-0.4, -0.2) is 43.9 Å². The molecule has 2 aromatic carbocycles. The zero-order valence-electron chi connectivity index (χ0n) is 21.4. The highest BCUT2D eigenvalue weighted by atomic mass is 16.6. The Morgan fingerprint density at radius 3 is 2.68 bits per heavy atom. The number of ether oxygens (including phenoxy) is 4. The topological polar surface area (TPSA) is 83.4 Å². The number of allylic oxidation sites excluding steroid dienone is 2. The summed E-state index contributed by atoms with van der Waals surface area (Å²) in [6.45, 7) is 3.16. The summed E-state index contributed by atoms with van der Waals surface area (Å²) in [7, 11) is 1.59. The van der Waals surface area contributed by atoms with Crippen molar-refractivity contribution in [1.82, 2.24) is 0 Å². The second kappa shape index (κ2) is 11.3. The third-order valence-corrected chi connectivity index (χ3v) is 7.31. The molecule has 0 amide bonds. The molecule has 37 heavy (non-hydrogen) atoms. The molecule has 3 atom stereocenters. The first kappa shape index (κ1) is 25.2. The number of methoxy groups -OCH3 is 1. The predicted molar refractivity (Wildman–Crippen MR) is 139 cm³/mol. The number of hydrogen-bond donors (Lipinski definition) is 0. The van der Waals surface area contributed by atoms with E-state index in [1.165, 1.54) is 0 Å². The zero-order chi connectivity index (χ0) is 25.8. The number of carbonyl (C=O) groups excluding carboxylic acids is 2. The third kappa shape index (κ3) is 5.47. The molecular formula is C30H33NO6. The van der Waals surface area contributed by atoms with Crippen LogP contribution in [0.1, 0.15) is 56.1 Å². The van der Waals surface area contributed by atoms with Crippen LogP contribution in [0.25, 0.3) is 0 Å². The minimum Gasteiger partial charge on any atom is -0.493 e. The van der Waals surface area contributed by atoms with Crippen LogP contribution in [0.4, 0.5) is 0 Å². The Balaban J connectivity index is 1.45. The first-order valence-electron chi connectivity index (χ1n) is 13.0. The molecule has 0 aromatic heterocycles. The Morgan fingerprint density at radius 2 is 1.92 bits per heavy atom. The van der Waals surface area contributed by atoms with Crippen molar-refractivity contribution < 1.29 is 28.5 Å². The van der Waals surface area contributed by atoms with Gasteiger partial charge in [0.25, 0.3) is 0 Å². The number of nitrogens with zero attached hydrogens (tertiary/aromatic N) is 1. The van der Waals surface area contributed by atoms with Crippen LogP contribution in [0, 0.1) is 5.92 Å². The van der Waals surface area contributed by atoms with Gasteiger partial charge >= 0.3 is 5.97 Å². The molecule has 7 heteroatoms. The van der Waals surface area contributed by atoms with Gasteiger partial charge in [-0.25, -0.2) is 0 Å². The minimum absolute atomic E-state index is 0.0443. The Kier molecular flexibility index (Phi) is 7.70. The van der Waals surface area contributed by atoms with E-state index in [1.54, 1.807) is 7.11 Å². The number of rotatable bonds is 8. The summed E-state index contributed by atoms with van der Waals surface area (Å²) in [4.78, 5) is 31.4. The van der Waals surface area contributed by atoms with Gasteiger partial charge in [-0.1, -0.05) is 36.4 Å². The quantitative estimate of drug-likeness (QED) is 0.462. The first-order chi connectivity index (χ1) is 18.0. The fourth-order valence-corrected chi connectivity index (χ4v) is 5.44. The second-order valence-electron chi connectivity index (χ2n) is 9.80. The largest absolute Gasteiger partial charge is 0.493 e. The molecule has 0 bridgehead atoms. The minimum atomic E-state index is -0.692. The van der Waals surface area contributed by atoms with E-state index in [-0.39, 0.29) is 24.5 Å². The third-order valence-electron chi connectivity index (χ3n) is 7.31. The molecule has 2 aromatic rings. The summed E-state index contributed by atoms with van der Waals surface area (Å²) < 4.78 is 23.1. The van der Waals surface area contributed by atoms with Crippen molar-refractivity contribution in [3.05, 3.63) is 70.9 Å². The van der Waals surface area contributed by atoms with Gasteiger partial charge < -0.3 is 18.9 Å². The van der Waals surface area contributed by atoms with E-state index in [9.17, 15) is 9.59 Å². The summed E-state index contributed by atoms with van der Waals surface area (Å²) in [5, 5.41) is 0. The first-order valence-corrected chi connectivity index (χ1v) is 13.0. The molecule has 0 saturated carbocycles.